The average Bonchev–Trinajstić information content (AvgIpc) is 2.89. The molecule has 0 aromatic heterocycles. The van der Waals surface area contributed by atoms with Crippen molar-refractivity contribution in [1.82, 2.24) is 5.32 Å². The summed E-state index contributed by atoms with van der Waals surface area (Å²) in [7, 11) is 0. The molecule has 1 amide bonds. The van der Waals surface area contributed by atoms with E-state index in [4.69, 9.17) is 18.9 Å². The standard InChI is InChI=1S/C27H38N2O9/c1-5-6-7-9-18-24(38-21(31)12-15(2)3)16(4)36-27(34)22-20(37-26(18)33)13-35-25(29-22)17-10-8-11-19(23(17)32)28-14-30/h8,10-11,14-16,18,20,22,24-25,29,32H,5-7,9,12-13H2,1-4H3,(H,28,30). The van der Waals surface area contributed by atoms with Gasteiger partial charge in [-0.3, -0.25) is 24.5 Å². The Balaban J connectivity index is 1.86. The van der Waals surface area contributed by atoms with Crippen LogP contribution >= 0.6 is 0 Å². The summed E-state index contributed by atoms with van der Waals surface area (Å²) in [5, 5.41) is 16.0. The molecular weight excluding hydrogens is 496 g/mol. The Morgan fingerprint density at radius 3 is 2.68 bits per heavy atom. The van der Waals surface area contributed by atoms with E-state index in [9.17, 15) is 24.3 Å². The molecule has 0 spiro atoms. The molecule has 1 aromatic rings. The number of amides is 1. The smallest absolute Gasteiger partial charge is 0.327 e. The number of aromatic hydroxyl groups is 1. The number of nitrogens with one attached hydrogen (secondary N) is 2. The molecule has 11 nitrogen and oxygen atoms in total. The van der Waals surface area contributed by atoms with Crippen molar-refractivity contribution < 1.29 is 43.2 Å². The van der Waals surface area contributed by atoms with Crippen LogP contribution in [-0.2, 0) is 38.1 Å². The molecule has 210 valence electrons. The summed E-state index contributed by atoms with van der Waals surface area (Å²) in [5.41, 5.74) is 0.448. The number of phenols is 1. The highest BCUT2D eigenvalue weighted by atomic mass is 16.6. The zero-order valence-electron chi connectivity index (χ0n) is 22.3. The number of carbonyl (C=O) groups is 4. The maximum atomic E-state index is 13.4. The van der Waals surface area contributed by atoms with E-state index in [0.717, 1.165) is 12.8 Å². The summed E-state index contributed by atoms with van der Waals surface area (Å²) in [6.45, 7) is 7.26. The van der Waals surface area contributed by atoms with Crippen LogP contribution in [0.5, 0.6) is 5.75 Å². The SMILES string of the molecule is CCCCCC1C(=O)OC2COC(c3cccc(NC=O)c3O)NC2C(=O)OC(C)C1OC(=O)CC(C)C. The predicted molar refractivity (Wildman–Crippen MR) is 136 cm³/mol. The van der Waals surface area contributed by atoms with Crippen LogP contribution in [-0.4, -0.2) is 60.4 Å². The number of ether oxygens (including phenoxy) is 4. The highest BCUT2D eigenvalue weighted by Gasteiger charge is 2.47. The largest absolute Gasteiger partial charge is 0.505 e. The van der Waals surface area contributed by atoms with Crippen molar-refractivity contribution >= 4 is 30.0 Å². The number of fused-ring (bicyclic) bond motifs is 1. The van der Waals surface area contributed by atoms with Crippen LogP contribution < -0.4 is 10.6 Å². The third kappa shape index (κ3) is 7.22. The van der Waals surface area contributed by atoms with Crippen LogP contribution in [0.2, 0.25) is 0 Å². The molecule has 0 bridgehead atoms. The van der Waals surface area contributed by atoms with Gasteiger partial charge >= 0.3 is 17.9 Å². The Bertz CT molecular complexity index is 999. The lowest BCUT2D eigenvalue weighted by Gasteiger charge is -2.36. The number of hydrogen-bond donors (Lipinski definition) is 3. The Morgan fingerprint density at radius 1 is 1.24 bits per heavy atom. The first-order valence-electron chi connectivity index (χ1n) is 13.2. The molecule has 0 radical (unpaired) electrons. The molecule has 6 unspecified atom stereocenters. The molecule has 3 rings (SSSR count). The van der Waals surface area contributed by atoms with Crippen molar-refractivity contribution in [3.05, 3.63) is 23.8 Å². The first-order chi connectivity index (χ1) is 18.2. The Morgan fingerprint density at radius 2 is 2.00 bits per heavy atom. The summed E-state index contributed by atoms with van der Waals surface area (Å²) < 4.78 is 23.0. The summed E-state index contributed by atoms with van der Waals surface area (Å²) in [4.78, 5) is 50.1. The minimum atomic E-state index is -1.11. The van der Waals surface area contributed by atoms with Crippen molar-refractivity contribution in [3.8, 4) is 5.75 Å². The van der Waals surface area contributed by atoms with Crippen molar-refractivity contribution in [2.75, 3.05) is 11.9 Å². The van der Waals surface area contributed by atoms with Gasteiger partial charge < -0.3 is 29.4 Å². The van der Waals surface area contributed by atoms with Crippen molar-refractivity contribution in [2.24, 2.45) is 11.8 Å². The highest BCUT2D eigenvalue weighted by molar-refractivity contribution is 5.81. The molecule has 2 aliphatic heterocycles. The number of phenolic OH excluding ortho intramolecular Hbond substituents is 1. The van der Waals surface area contributed by atoms with Gasteiger partial charge in [0.25, 0.3) is 0 Å². The minimum Gasteiger partial charge on any atom is -0.505 e. The van der Waals surface area contributed by atoms with E-state index in [2.05, 4.69) is 10.6 Å². The van der Waals surface area contributed by atoms with Gasteiger partial charge in [-0.25, -0.2) is 0 Å². The summed E-state index contributed by atoms with van der Waals surface area (Å²) in [6.07, 6.45) is -0.330. The molecule has 0 aliphatic carbocycles. The second-order valence-corrected chi connectivity index (χ2v) is 10.1. The second kappa shape index (κ2) is 13.6. The molecule has 11 heteroatoms. The van der Waals surface area contributed by atoms with E-state index in [-0.39, 0.29) is 35.9 Å². The van der Waals surface area contributed by atoms with E-state index in [0.29, 0.717) is 19.3 Å². The fraction of sp³-hybridized carbons (Fsp3) is 0.630. The van der Waals surface area contributed by atoms with Gasteiger partial charge in [-0.2, -0.15) is 0 Å². The number of hydrogen-bond acceptors (Lipinski definition) is 10. The number of carbonyl (C=O) groups excluding carboxylic acids is 4. The topological polar surface area (TPSA) is 149 Å². The van der Waals surface area contributed by atoms with Gasteiger partial charge in [0.05, 0.1) is 18.2 Å². The van der Waals surface area contributed by atoms with Crippen LogP contribution in [0.15, 0.2) is 18.2 Å². The second-order valence-electron chi connectivity index (χ2n) is 10.1. The number of benzene rings is 1. The van der Waals surface area contributed by atoms with Gasteiger partial charge in [0.2, 0.25) is 6.41 Å². The minimum absolute atomic E-state index is 0.0555. The maximum absolute atomic E-state index is 13.4. The summed E-state index contributed by atoms with van der Waals surface area (Å²) in [6, 6.07) is 3.59. The molecule has 2 fully saturated rings. The monoisotopic (exact) mass is 534 g/mol. The van der Waals surface area contributed by atoms with E-state index < -0.39 is 54.4 Å². The maximum Gasteiger partial charge on any atom is 0.327 e. The van der Waals surface area contributed by atoms with Gasteiger partial charge in [0.1, 0.15) is 24.1 Å². The number of anilines is 1. The molecule has 6 atom stereocenters. The molecule has 38 heavy (non-hydrogen) atoms. The van der Waals surface area contributed by atoms with E-state index in [1.54, 1.807) is 19.1 Å². The van der Waals surface area contributed by atoms with Crippen LogP contribution in [0, 0.1) is 11.8 Å². The summed E-state index contributed by atoms with van der Waals surface area (Å²) in [5.74, 6) is -2.76. The quantitative estimate of drug-likeness (QED) is 0.134. The lowest BCUT2D eigenvalue weighted by molar-refractivity contribution is -0.176. The van der Waals surface area contributed by atoms with Crippen molar-refractivity contribution in [1.29, 1.82) is 0 Å². The molecule has 0 saturated carbocycles. The lowest BCUT2D eigenvalue weighted by Crippen LogP contribution is -2.56. The van der Waals surface area contributed by atoms with Crippen LogP contribution in [0.1, 0.15) is 71.6 Å². The molecule has 1 aromatic carbocycles. The highest BCUT2D eigenvalue weighted by Crippen LogP contribution is 2.35. The normalized spacial score (nSPS) is 27.7. The Labute approximate surface area is 222 Å². The first kappa shape index (κ1) is 29.4. The van der Waals surface area contributed by atoms with Gasteiger partial charge in [-0.15, -0.1) is 0 Å². The zero-order valence-corrected chi connectivity index (χ0v) is 22.3. The third-order valence-corrected chi connectivity index (χ3v) is 6.64. The van der Waals surface area contributed by atoms with Crippen molar-refractivity contribution in [3.63, 3.8) is 0 Å². The van der Waals surface area contributed by atoms with Crippen LogP contribution in [0.25, 0.3) is 0 Å². The van der Waals surface area contributed by atoms with Crippen LogP contribution in [0.4, 0.5) is 5.69 Å². The van der Waals surface area contributed by atoms with Gasteiger partial charge in [0.15, 0.2) is 12.2 Å². The summed E-state index contributed by atoms with van der Waals surface area (Å²) >= 11 is 0. The molecule has 2 saturated heterocycles. The average molecular weight is 535 g/mol. The fourth-order valence-electron chi connectivity index (χ4n) is 4.69. The number of cyclic esters (lactones) is 1. The third-order valence-electron chi connectivity index (χ3n) is 6.64. The first-order valence-corrected chi connectivity index (χ1v) is 13.2. The molecule has 2 aliphatic rings. The van der Waals surface area contributed by atoms with Gasteiger partial charge in [-0.1, -0.05) is 52.2 Å². The number of esters is 3. The van der Waals surface area contributed by atoms with Crippen molar-refractivity contribution in [2.45, 2.75) is 90.4 Å². The van der Waals surface area contributed by atoms with Crippen LogP contribution in [0.3, 0.4) is 0 Å². The van der Waals surface area contributed by atoms with E-state index >= 15 is 0 Å². The number of para-hydroxylation sites is 1. The Kier molecular flexibility index (Phi) is 10.5. The Hall–Kier alpha value is -3.18. The fourth-order valence-corrected chi connectivity index (χ4v) is 4.69. The predicted octanol–water partition coefficient (Wildman–Crippen LogP) is 2.96. The van der Waals surface area contributed by atoms with E-state index in [1.807, 2.05) is 20.8 Å². The molecular formula is C27H38N2O9. The van der Waals surface area contributed by atoms with Gasteiger partial charge in [0, 0.05) is 12.0 Å². The lowest BCUT2D eigenvalue weighted by atomic mass is 9.92. The van der Waals surface area contributed by atoms with E-state index in [1.165, 1.54) is 6.07 Å². The molecule has 2 heterocycles. The zero-order chi connectivity index (χ0) is 27.8. The number of rotatable bonds is 10. The number of unbranched alkanes of at least 4 members (excludes halogenated alkanes) is 2. The molecule has 3 N–H and O–H groups in total. The van der Waals surface area contributed by atoms with Gasteiger partial charge in [-0.05, 0) is 25.3 Å².